The van der Waals surface area contributed by atoms with Crippen LogP contribution in [-0.2, 0) is 14.6 Å². The average molecular weight is 249 g/mol. The first kappa shape index (κ1) is 13.9. The van der Waals surface area contributed by atoms with Crippen molar-refractivity contribution in [3.05, 3.63) is 0 Å². The van der Waals surface area contributed by atoms with Gasteiger partial charge in [0.25, 0.3) is 0 Å². The minimum absolute atomic E-state index is 0.156. The first-order valence-electron chi connectivity index (χ1n) is 5.88. The quantitative estimate of drug-likeness (QED) is 0.789. The number of ether oxygens (including phenoxy) is 1. The monoisotopic (exact) mass is 249 g/mol. The minimum Gasteiger partial charge on any atom is -0.380 e. The van der Waals surface area contributed by atoms with Crippen molar-refractivity contribution in [1.82, 2.24) is 5.32 Å². The van der Waals surface area contributed by atoms with Gasteiger partial charge in [-0.2, -0.15) is 0 Å². The molecule has 1 fully saturated rings. The van der Waals surface area contributed by atoms with E-state index in [1.807, 2.05) is 6.92 Å². The van der Waals surface area contributed by atoms with Gasteiger partial charge in [-0.05, 0) is 26.2 Å². The van der Waals surface area contributed by atoms with E-state index in [9.17, 15) is 8.42 Å². The fraction of sp³-hybridized carbons (Fsp3) is 1.00. The molecule has 3 atom stereocenters. The molecule has 0 saturated heterocycles. The second kappa shape index (κ2) is 5.98. The fourth-order valence-corrected chi connectivity index (χ4v) is 3.31. The highest BCUT2D eigenvalue weighted by molar-refractivity contribution is 7.91. The van der Waals surface area contributed by atoms with E-state index in [1.165, 1.54) is 6.26 Å². The summed E-state index contributed by atoms with van der Waals surface area (Å²) in [4.78, 5) is 0. The molecule has 1 N–H and O–H groups in total. The largest absolute Gasteiger partial charge is 0.380 e. The maximum atomic E-state index is 11.5. The molecule has 3 unspecified atom stereocenters. The van der Waals surface area contributed by atoms with E-state index >= 15 is 0 Å². The predicted octanol–water partition coefficient (Wildman–Crippen LogP) is 0.967. The van der Waals surface area contributed by atoms with Crippen LogP contribution >= 0.6 is 0 Å². The Morgan fingerprint density at radius 1 is 1.44 bits per heavy atom. The Balaban J connectivity index is 2.39. The lowest BCUT2D eigenvalue weighted by molar-refractivity contribution is 0.112. The van der Waals surface area contributed by atoms with Crippen LogP contribution in [0.2, 0.25) is 0 Å². The first-order valence-corrected chi connectivity index (χ1v) is 7.84. The van der Waals surface area contributed by atoms with Crippen LogP contribution in [0.1, 0.15) is 32.6 Å². The second-order valence-electron chi connectivity index (χ2n) is 4.77. The molecule has 0 aliphatic heterocycles. The van der Waals surface area contributed by atoms with Crippen molar-refractivity contribution in [3.63, 3.8) is 0 Å². The molecule has 1 aliphatic rings. The van der Waals surface area contributed by atoms with Gasteiger partial charge in [-0.3, -0.25) is 0 Å². The summed E-state index contributed by atoms with van der Waals surface area (Å²) in [5.41, 5.74) is 0. The van der Waals surface area contributed by atoms with E-state index in [4.69, 9.17) is 4.74 Å². The van der Waals surface area contributed by atoms with E-state index in [-0.39, 0.29) is 11.4 Å². The molecule has 0 bridgehead atoms. The van der Waals surface area contributed by atoms with Crippen LogP contribution in [0, 0.1) is 0 Å². The Morgan fingerprint density at radius 2 is 2.12 bits per heavy atom. The van der Waals surface area contributed by atoms with Gasteiger partial charge in [-0.25, -0.2) is 8.42 Å². The molecule has 96 valence electrons. The van der Waals surface area contributed by atoms with Crippen LogP contribution in [0.4, 0.5) is 0 Å². The SMILES string of the molecule is COC(C)CNC1CCCC(S(C)(=O)=O)C1. The minimum atomic E-state index is -2.87. The van der Waals surface area contributed by atoms with E-state index < -0.39 is 9.84 Å². The molecule has 0 radical (unpaired) electrons. The smallest absolute Gasteiger partial charge is 0.150 e. The zero-order chi connectivity index (χ0) is 12.2. The summed E-state index contributed by atoms with van der Waals surface area (Å²) in [6.45, 7) is 2.79. The normalized spacial score (nSPS) is 28.9. The summed E-state index contributed by atoms with van der Waals surface area (Å²) in [6.07, 6.45) is 5.15. The zero-order valence-electron chi connectivity index (χ0n) is 10.4. The van der Waals surface area contributed by atoms with Crippen molar-refractivity contribution in [1.29, 1.82) is 0 Å². The third kappa shape index (κ3) is 4.39. The van der Waals surface area contributed by atoms with Gasteiger partial charge in [0.1, 0.15) is 9.84 Å². The van der Waals surface area contributed by atoms with E-state index in [1.54, 1.807) is 7.11 Å². The molecular formula is C11H23NO3S. The second-order valence-corrected chi connectivity index (χ2v) is 7.10. The maximum absolute atomic E-state index is 11.5. The average Bonchev–Trinajstić information content (AvgIpc) is 2.25. The highest BCUT2D eigenvalue weighted by atomic mass is 32.2. The van der Waals surface area contributed by atoms with Crippen molar-refractivity contribution in [2.75, 3.05) is 19.9 Å². The van der Waals surface area contributed by atoms with Gasteiger partial charge in [0.05, 0.1) is 11.4 Å². The van der Waals surface area contributed by atoms with Crippen LogP contribution in [-0.4, -0.2) is 45.7 Å². The lowest BCUT2D eigenvalue weighted by Crippen LogP contribution is -2.41. The molecule has 0 aromatic heterocycles. The summed E-state index contributed by atoms with van der Waals surface area (Å²) in [6, 6.07) is 0.325. The number of methoxy groups -OCH3 is 1. The van der Waals surface area contributed by atoms with Crippen molar-refractivity contribution in [3.8, 4) is 0 Å². The van der Waals surface area contributed by atoms with E-state index in [0.29, 0.717) is 6.04 Å². The maximum Gasteiger partial charge on any atom is 0.150 e. The molecule has 0 heterocycles. The standard InChI is InChI=1S/C11H23NO3S/c1-9(15-2)8-12-10-5-4-6-11(7-10)16(3,13)14/h9-12H,4-8H2,1-3H3. The van der Waals surface area contributed by atoms with Gasteiger partial charge in [0.15, 0.2) is 0 Å². The molecule has 0 aromatic carbocycles. The van der Waals surface area contributed by atoms with Gasteiger partial charge in [0, 0.05) is 26.0 Å². The molecule has 16 heavy (non-hydrogen) atoms. The van der Waals surface area contributed by atoms with Gasteiger partial charge in [0.2, 0.25) is 0 Å². The van der Waals surface area contributed by atoms with Crippen molar-refractivity contribution < 1.29 is 13.2 Å². The molecule has 0 aromatic rings. The van der Waals surface area contributed by atoms with Crippen LogP contribution in [0.25, 0.3) is 0 Å². The Morgan fingerprint density at radius 3 is 2.69 bits per heavy atom. The number of nitrogens with one attached hydrogen (secondary N) is 1. The van der Waals surface area contributed by atoms with Gasteiger partial charge < -0.3 is 10.1 Å². The molecule has 1 saturated carbocycles. The topological polar surface area (TPSA) is 55.4 Å². The predicted molar refractivity (Wildman–Crippen MR) is 65.4 cm³/mol. The van der Waals surface area contributed by atoms with Crippen molar-refractivity contribution in [2.45, 2.75) is 50.0 Å². The van der Waals surface area contributed by atoms with Crippen molar-refractivity contribution >= 4 is 9.84 Å². The summed E-state index contributed by atoms with van der Waals surface area (Å²) in [5.74, 6) is 0. The third-order valence-electron chi connectivity index (χ3n) is 3.33. The molecule has 0 amide bonds. The molecule has 0 spiro atoms. The van der Waals surface area contributed by atoms with Crippen LogP contribution in [0.15, 0.2) is 0 Å². The number of rotatable bonds is 5. The number of hydrogen-bond donors (Lipinski definition) is 1. The molecule has 1 aliphatic carbocycles. The van der Waals surface area contributed by atoms with Crippen molar-refractivity contribution in [2.24, 2.45) is 0 Å². The fourth-order valence-electron chi connectivity index (χ4n) is 2.14. The summed E-state index contributed by atoms with van der Waals surface area (Å²) in [7, 11) is -1.19. The van der Waals surface area contributed by atoms with Crippen LogP contribution in [0.5, 0.6) is 0 Å². The Bertz CT molecular complexity index is 302. The Labute approximate surface area is 98.7 Å². The number of sulfone groups is 1. The summed E-state index contributed by atoms with van der Waals surface area (Å²) in [5, 5.41) is 3.23. The summed E-state index contributed by atoms with van der Waals surface area (Å²) < 4.78 is 28.1. The Hall–Kier alpha value is -0.130. The third-order valence-corrected chi connectivity index (χ3v) is 4.97. The van der Waals surface area contributed by atoms with E-state index in [0.717, 1.165) is 32.2 Å². The lowest BCUT2D eigenvalue weighted by Gasteiger charge is -2.29. The molecule has 1 rings (SSSR count). The highest BCUT2D eigenvalue weighted by Gasteiger charge is 2.28. The summed E-state index contributed by atoms with van der Waals surface area (Å²) >= 11 is 0. The Kier molecular flexibility index (Phi) is 5.21. The van der Waals surface area contributed by atoms with E-state index in [2.05, 4.69) is 5.32 Å². The zero-order valence-corrected chi connectivity index (χ0v) is 11.2. The highest BCUT2D eigenvalue weighted by Crippen LogP contribution is 2.23. The van der Waals surface area contributed by atoms with Gasteiger partial charge in [-0.15, -0.1) is 0 Å². The molecular weight excluding hydrogens is 226 g/mol. The van der Waals surface area contributed by atoms with Crippen LogP contribution < -0.4 is 5.32 Å². The first-order chi connectivity index (χ1) is 7.43. The number of hydrogen-bond acceptors (Lipinski definition) is 4. The molecule has 4 nitrogen and oxygen atoms in total. The van der Waals surface area contributed by atoms with Gasteiger partial charge >= 0.3 is 0 Å². The lowest BCUT2D eigenvalue weighted by atomic mass is 9.95. The van der Waals surface area contributed by atoms with Gasteiger partial charge in [-0.1, -0.05) is 6.42 Å². The van der Waals surface area contributed by atoms with Crippen LogP contribution in [0.3, 0.4) is 0 Å². The molecule has 5 heteroatoms.